The summed E-state index contributed by atoms with van der Waals surface area (Å²) in [7, 11) is 0. The molecule has 1 aliphatic carbocycles. The van der Waals surface area contributed by atoms with Crippen molar-refractivity contribution in [2.45, 2.75) is 38.7 Å². The van der Waals surface area contributed by atoms with E-state index >= 15 is 0 Å². The Morgan fingerprint density at radius 3 is 2.45 bits per heavy atom. The molecule has 1 unspecified atom stereocenters. The largest absolute Gasteiger partial charge is 0.481 e. The highest BCUT2D eigenvalue weighted by molar-refractivity contribution is 5.77. The molecule has 0 bridgehead atoms. The summed E-state index contributed by atoms with van der Waals surface area (Å²) in [5, 5.41) is 18.0. The number of carboxylic acid groups (broad SMARTS) is 1. The number of carbonyl (C=O) groups is 1. The van der Waals surface area contributed by atoms with Gasteiger partial charge in [-0.2, -0.15) is 0 Å². The van der Waals surface area contributed by atoms with Gasteiger partial charge in [0.1, 0.15) is 0 Å². The average molecular weight is 158 g/mol. The van der Waals surface area contributed by atoms with Gasteiger partial charge in [-0.3, -0.25) is 4.79 Å². The second-order valence-corrected chi connectivity index (χ2v) is 3.35. The lowest BCUT2D eigenvalue weighted by atomic mass is 9.98. The molecule has 0 spiro atoms. The van der Waals surface area contributed by atoms with Gasteiger partial charge in [0.2, 0.25) is 0 Å². The van der Waals surface area contributed by atoms with Gasteiger partial charge in [-0.15, -0.1) is 0 Å². The average Bonchev–Trinajstić information content (AvgIpc) is 2.69. The number of aliphatic hydroxyl groups is 1. The molecule has 0 aromatic heterocycles. The second-order valence-electron chi connectivity index (χ2n) is 3.35. The Morgan fingerprint density at radius 2 is 2.18 bits per heavy atom. The summed E-state index contributed by atoms with van der Waals surface area (Å²) in [6, 6.07) is 0. The SMILES string of the molecule is CCC(O)CC1(C(=O)O)CC1. The van der Waals surface area contributed by atoms with E-state index in [2.05, 4.69) is 0 Å². The highest BCUT2D eigenvalue weighted by Crippen LogP contribution is 2.49. The molecule has 0 amide bonds. The van der Waals surface area contributed by atoms with Gasteiger partial charge in [-0.05, 0) is 25.7 Å². The minimum absolute atomic E-state index is 0.429. The lowest BCUT2D eigenvalue weighted by Crippen LogP contribution is -2.21. The van der Waals surface area contributed by atoms with E-state index in [-0.39, 0.29) is 0 Å². The Kier molecular flexibility index (Phi) is 2.18. The highest BCUT2D eigenvalue weighted by Gasteiger charge is 2.50. The molecule has 0 aromatic carbocycles. The molecule has 1 saturated carbocycles. The molecule has 0 aliphatic heterocycles. The molecule has 1 fully saturated rings. The Bertz CT molecular complexity index is 161. The molecule has 2 N–H and O–H groups in total. The number of rotatable bonds is 4. The summed E-state index contributed by atoms with van der Waals surface area (Å²) in [6.07, 6.45) is 2.11. The van der Waals surface area contributed by atoms with Gasteiger partial charge in [-0.1, -0.05) is 6.92 Å². The Labute approximate surface area is 66.0 Å². The molecule has 0 aromatic rings. The van der Waals surface area contributed by atoms with E-state index in [4.69, 9.17) is 5.11 Å². The van der Waals surface area contributed by atoms with Crippen LogP contribution in [0.2, 0.25) is 0 Å². The minimum Gasteiger partial charge on any atom is -0.481 e. The van der Waals surface area contributed by atoms with Gasteiger partial charge in [0.05, 0.1) is 11.5 Å². The molecular formula is C8H14O3. The zero-order valence-corrected chi connectivity index (χ0v) is 6.71. The van der Waals surface area contributed by atoms with Crippen LogP contribution in [0, 0.1) is 5.41 Å². The first-order chi connectivity index (χ1) is 5.10. The first-order valence-electron chi connectivity index (χ1n) is 4.02. The van der Waals surface area contributed by atoms with Crippen LogP contribution in [-0.2, 0) is 4.79 Å². The number of hydrogen-bond acceptors (Lipinski definition) is 2. The van der Waals surface area contributed by atoms with Crippen LogP contribution in [0.5, 0.6) is 0 Å². The monoisotopic (exact) mass is 158 g/mol. The Hall–Kier alpha value is -0.570. The smallest absolute Gasteiger partial charge is 0.309 e. The molecule has 1 aliphatic rings. The summed E-state index contributed by atoms with van der Waals surface area (Å²) in [5.74, 6) is -0.745. The van der Waals surface area contributed by atoms with Crippen LogP contribution in [0.4, 0.5) is 0 Å². The van der Waals surface area contributed by atoms with Crippen molar-refractivity contribution in [1.29, 1.82) is 0 Å². The first kappa shape index (κ1) is 8.53. The molecule has 0 radical (unpaired) electrons. The lowest BCUT2D eigenvalue weighted by molar-refractivity contribution is -0.144. The molecule has 11 heavy (non-hydrogen) atoms. The Balaban J connectivity index is 2.41. The van der Waals surface area contributed by atoms with E-state index in [1.807, 2.05) is 6.92 Å². The third-order valence-corrected chi connectivity index (χ3v) is 2.40. The van der Waals surface area contributed by atoms with Crippen LogP contribution < -0.4 is 0 Å². The highest BCUT2D eigenvalue weighted by atomic mass is 16.4. The maximum Gasteiger partial charge on any atom is 0.309 e. The normalized spacial score (nSPS) is 22.7. The zero-order valence-electron chi connectivity index (χ0n) is 6.71. The van der Waals surface area contributed by atoms with E-state index in [1.165, 1.54) is 0 Å². The molecule has 3 nitrogen and oxygen atoms in total. The van der Waals surface area contributed by atoms with E-state index in [0.717, 1.165) is 12.8 Å². The van der Waals surface area contributed by atoms with Crippen molar-refractivity contribution >= 4 is 5.97 Å². The Morgan fingerprint density at radius 1 is 1.64 bits per heavy atom. The summed E-state index contributed by atoms with van der Waals surface area (Å²) < 4.78 is 0. The van der Waals surface area contributed by atoms with Crippen molar-refractivity contribution in [2.24, 2.45) is 5.41 Å². The fourth-order valence-corrected chi connectivity index (χ4v) is 1.25. The summed E-state index contributed by atoms with van der Waals surface area (Å²) in [5.41, 5.74) is -0.560. The van der Waals surface area contributed by atoms with Gasteiger partial charge in [0.15, 0.2) is 0 Å². The number of aliphatic hydroxyl groups excluding tert-OH is 1. The topological polar surface area (TPSA) is 57.5 Å². The van der Waals surface area contributed by atoms with Crippen LogP contribution in [0.25, 0.3) is 0 Å². The molecule has 64 valence electrons. The number of aliphatic carboxylic acids is 1. The zero-order chi connectivity index (χ0) is 8.48. The van der Waals surface area contributed by atoms with Crippen molar-refractivity contribution in [3.05, 3.63) is 0 Å². The van der Waals surface area contributed by atoms with Crippen molar-refractivity contribution < 1.29 is 15.0 Å². The van der Waals surface area contributed by atoms with Crippen LogP contribution in [0.3, 0.4) is 0 Å². The maximum atomic E-state index is 10.6. The fourth-order valence-electron chi connectivity index (χ4n) is 1.25. The third-order valence-electron chi connectivity index (χ3n) is 2.40. The number of carboxylic acids is 1. The van der Waals surface area contributed by atoms with Gasteiger partial charge in [0.25, 0.3) is 0 Å². The van der Waals surface area contributed by atoms with Gasteiger partial charge in [0, 0.05) is 0 Å². The summed E-state index contributed by atoms with van der Waals surface area (Å²) in [4.78, 5) is 10.6. The molecule has 1 rings (SSSR count). The molecule has 3 heteroatoms. The van der Waals surface area contributed by atoms with E-state index in [9.17, 15) is 9.90 Å². The predicted octanol–water partition coefficient (Wildman–Crippen LogP) is 1.01. The standard InChI is InChI=1S/C8H14O3/c1-2-6(9)5-8(3-4-8)7(10)11/h6,9H,2-5H2,1H3,(H,10,11). The van der Waals surface area contributed by atoms with Crippen molar-refractivity contribution in [1.82, 2.24) is 0 Å². The minimum atomic E-state index is -0.745. The van der Waals surface area contributed by atoms with E-state index < -0.39 is 17.5 Å². The molecule has 0 saturated heterocycles. The second kappa shape index (κ2) is 2.81. The van der Waals surface area contributed by atoms with Crippen molar-refractivity contribution in [3.63, 3.8) is 0 Å². The van der Waals surface area contributed by atoms with Gasteiger partial charge >= 0.3 is 5.97 Å². The van der Waals surface area contributed by atoms with Crippen LogP contribution in [0.1, 0.15) is 32.6 Å². The summed E-state index contributed by atoms with van der Waals surface area (Å²) in [6.45, 7) is 1.86. The quantitative estimate of drug-likeness (QED) is 0.642. The van der Waals surface area contributed by atoms with E-state index in [0.29, 0.717) is 12.8 Å². The first-order valence-corrected chi connectivity index (χ1v) is 4.02. The van der Waals surface area contributed by atoms with Gasteiger partial charge in [-0.25, -0.2) is 0 Å². The summed E-state index contributed by atoms with van der Waals surface area (Å²) >= 11 is 0. The lowest BCUT2D eigenvalue weighted by Gasteiger charge is -2.13. The van der Waals surface area contributed by atoms with E-state index in [1.54, 1.807) is 0 Å². The third kappa shape index (κ3) is 1.71. The maximum absolute atomic E-state index is 10.6. The fraction of sp³-hybridized carbons (Fsp3) is 0.875. The molecule has 0 heterocycles. The predicted molar refractivity (Wildman–Crippen MR) is 40.2 cm³/mol. The molecular weight excluding hydrogens is 144 g/mol. The van der Waals surface area contributed by atoms with Crippen LogP contribution in [0.15, 0.2) is 0 Å². The van der Waals surface area contributed by atoms with Crippen molar-refractivity contribution in [3.8, 4) is 0 Å². The van der Waals surface area contributed by atoms with Crippen LogP contribution >= 0.6 is 0 Å². The van der Waals surface area contributed by atoms with Crippen LogP contribution in [-0.4, -0.2) is 22.3 Å². The molecule has 1 atom stereocenters. The number of hydrogen-bond donors (Lipinski definition) is 2. The van der Waals surface area contributed by atoms with Gasteiger partial charge < -0.3 is 10.2 Å². The van der Waals surface area contributed by atoms with Crippen molar-refractivity contribution in [2.75, 3.05) is 0 Å².